The minimum Gasteiger partial charge on any atom is -0.542 e. The fourth-order valence-electron chi connectivity index (χ4n) is 5.12. The second-order valence-corrected chi connectivity index (χ2v) is 11.7. The van der Waals surface area contributed by atoms with Gasteiger partial charge in [-0.2, -0.15) is 13.2 Å². The number of benzene rings is 1. The van der Waals surface area contributed by atoms with Gasteiger partial charge in [0, 0.05) is 24.4 Å². The van der Waals surface area contributed by atoms with E-state index in [1.807, 2.05) is 53.2 Å². The molecule has 0 spiro atoms. The standard InChI is InChI=1S/C25H26N2O4S2.C2HF3O2/c28-23(26-19-6-2-1-3-7-19)17-27-12-10-18(11-13-27)20(16-27)31-24(29)25(30,21-8-4-14-32-21)22-9-5-15-33-22;3-2(4,5)1(6)7/h1-9,14-15,18,20,30H,10-13,16-17H2;(H,6,7)/t18?,20-,27?;/m0./s1. The minimum absolute atomic E-state index is 0.0275. The van der Waals surface area contributed by atoms with Crippen LogP contribution in [0.1, 0.15) is 22.6 Å². The first kappa shape index (κ1) is 29.7. The summed E-state index contributed by atoms with van der Waals surface area (Å²) in [6.07, 6.45) is -3.68. The number of alkyl halides is 3. The Morgan fingerprint density at radius 3 is 2.00 bits per heavy atom. The summed E-state index contributed by atoms with van der Waals surface area (Å²) in [5.41, 5.74) is -1.02. The highest BCUT2D eigenvalue weighted by Crippen LogP contribution is 2.40. The third-order valence-electron chi connectivity index (χ3n) is 7.12. The van der Waals surface area contributed by atoms with Gasteiger partial charge in [-0.1, -0.05) is 30.3 Å². The minimum atomic E-state index is -5.19. The molecule has 2 bridgehead atoms. The molecule has 0 saturated carbocycles. The largest absolute Gasteiger partial charge is 0.542 e. The van der Waals surface area contributed by atoms with Gasteiger partial charge >= 0.3 is 12.1 Å². The Morgan fingerprint density at radius 1 is 0.975 bits per heavy atom. The average molecular weight is 597 g/mol. The van der Waals surface area contributed by atoms with Crippen LogP contribution < -0.4 is 10.4 Å². The molecule has 1 aromatic carbocycles. The molecule has 0 unspecified atom stereocenters. The molecule has 13 heteroatoms. The fraction of sp³-hybridized carbons (Fsp3) is 0.370. The van der Waals surface area contributed by atoms with E-state index in [4.69, 9.17) is 14.6 Å². The third-order valence-corrected chi connectivity index (χ3v) is 9.08. The number of anilines is 1. The number of hydrogen-bond donors (Lipinski definition) is 2. The number of esters is 1. The molecule has 0 aliphatic carbocycles. The van der Waals surface area contributed by atoms with Gasteiger partial charge in [0.15, 0.2) is 12.6 Å². The Labute approximate surface area is 236 Å². The molecule has 5 heterocycles. The van der Waals surface area contributed by atoms with Crippen molar-refractivity contribution >= 4 is 46.2 Å². The molecule has 1 atom stereocenters. The van der Waals surface area contributed by atoms with Gasteiger partial charge in [-0.15, -0.1) is 22.7 Å². The molecule has 8 nitrogen and oxygen atoms in total. The Hall–Kier alpha value is -3.26. The summed E-state index contributed by atoms with van der Waals surface area (Å²) in [5.74, 6) is -3.40. The van der Waals surface area contributed by atoms with Gasteiger partial charge in [-0.05, 0) is 35.0 Å². The number of ether oxygens (including phenoxy) is 1. The number of hydrogen-bond acceptors (Lipinski definition) is 8. The molecule has 3 aromatic rings. The van der Waals surface area contributed by atoms with Crippen molar-refractivity contribution in [2.75, 3.05) is 31.5 Å². The van der Waals surface area contributed by atoms with Gasteiger partial charge in [0.1, 0.15) is 12.5 Å². The summed E-state index contributed by atoms with van der Waals surface area (Å²) in [6.45, 7) is 2.77. The fourth-order valence-corrected chi connectivity index (χ4v) is 6.83. The van der Waals surface area contributed by atoms with Gasteiger partial charge in [0.05, 0.1) is 22.8 Å². The van der Waals surface area contributed by atoms with Crippen LogP contribution in [-0.2, 0) is 24.7 Å². The number of halogens is 3. The van der Waals surface area contributed by atoms with E-state index in [9.17, 15) is 27.9 Å². The molecular formula is C27H27F3N2O6S2. The van der Waals surface area contributed by atoms with Crippen molar-refractivity contribution < 1.29 is 47.0 Å². The van der Waals surface area contributed by atoms with Crippen molar-refractivity contribution in [3.05, 3.63) is 75.1 Å². The van der Waals surface area contributed by atoms with E-state index in [1.54, 1.807) is 12.1 Å². The summed E-state index contributed by atoms with van der Waals surface area (Å²) < 4.78 is 38.2. The predicted octanol–water partition coefficient (Wildman–Crippen LogP) is 3.14. The summed E-state index contributed by atoms with van der Waals surface area (Å²) in [7, 11) is 0. The molecule has 1 amide bonds. The second-order valence-electron chi connectivity index (χ2n) is 9.78. The summed E-state index contributed by atoms with van der Waals surface area (Å²) in [4.78, 5) is 36.1. The van der Waals surface area contributed by atoms with Crippen molar-refractivity contribution in [2.24, 2.45) is 5.92 Å². The highest BCUT2D eigenvalue weighted by atomic mass is 32.1. The highest BCUT2D eigenvalue weighted by Gasteiger charge is 2.51. The molecule has 6 rings (SSSR count). The zero-order valence-corrected chi connectivity index (χ0v) is 22.8. The number of piperidine rings is 3. The first-order valence-electron chi connectivity index (χ1n) is 12.4. The van der Waals surface area contributed by atoms with Crippen LogP contribution in [0.4, 0.5) is 18.9 Å². The van der Waals surface area contributed by atoms with E-state index in [0.717, 1.165) is 31.6 Å². The maximum absolute atomic E-state index is 13.4. The molecule has 2 aromatic heterocycles. The lowest BCUT2D eigenvalue weighted by atomic mass is 9.83. The summed E-state index contributed by atoms with van der Waals surface area (Å²) >= 11 is 2.68. The predicted molar refractivity (Wildman–Crippen MR) is 140 cm³/mol. The highest BCUT2D eigenvalue weighted by molar-refractivity contribution is 7.12. The number of carbonyl (C=O) groups is 3. The molecule has 2 N–H and O–H groups in total. The number of rotatable bonds is 7. The van der Waals surface area contributed by atoms with Crippen molar-refractivity contribution in [1.29, 1.82) is 0 Å². The van der Waals surface area contributed by atoms with E-state index >= 15 is 0 Å². The van der Waals surface area contributed by atoms with Crippen molar-refractivity contribution in [3.63, 3.8) is 0 Å². The first-order chi connectivity index (χ1) is 18.9. The molecule has 3 fully saturated rings. The summed E-state index contributed by atoms with van der Waals surface area (Å²) in [5, 5.41) is 27.0. The first-order valence-corrected chi connectivity index (χ1v) is 14.2. The van der Waals surface area contributed by atoms with Crippen LogP contribution in [-0.4, -0.2) is 65.9 Å². The Kier molecular flexibility index (Phi) is 8.98. The number of nitrogens with one attached hydrogen (secondary N) is 1. The van der Waals surface area contributed by atoms with Gasteiger partial charge in [-0.3, -0.25) is 4.79 Å². The van der Waals surface area contributed by atoms with E-state index in [-0.39, 0.29) is 17.9 Å². The zero-order valence-electron chi connectivity index (χ0n) is 21.1. The number of thiophene rings is 2. The van der Waals surface area contributed by atoms with Crippen LogP contribution in [0.15, 0.2) is 65.4 Å². The molecule has 40 heavy (non-hydrogen) atoms. The number of aliphatic carboxylic acids is 1. The molecular weight excluding hydrogens is 569 g/mol. The van der Waals surface area contributed by atoms with E-state index in [2.05, 4.69) is 5.32 Å². The van der Waals surface area contributed by atoms with Crippen molar-refractivity contribution in [3.8, 4) is 0 Å². The number of carbonyl (C=O) groups excluding carboxylic acids is 3. The number of carboxylic acids is 1. The normalized spacial score (nSPS) is 22.1. The van der Waals surface area contributed by atoms with E-state index in [0.29, 0.717) is 27.3 Å². The average Bonchev–Trinajstić information content (AvgIpc) is 3.64. The summed E-state index contributed by atoms with van der Waals surface area (Å²) in [6, 6.07) is 16.6. The Bertz CT molecular complexity index is 1260. The molecule has 214 valence electrons. The smallest absolute Gasteiger partial charge is 0.430 e. The lowest BCUT2D eigenvalue weighted by Gasteiger charge is -2.51. The van der Waals surface area contributed by atoms with Crippen molar-refractivity contribution in [1.82, 2.24) is 0 Å². The maximum Gasteiger partial charge on any atom is 0.430 e. The van der Waals surface area contributed by atoms with Crippen molar-refractivity contribution in [2.45, 2.75) is 30.7 Å². The molecule has 3 saturated heterocycles. The lowest BCUT2D eigenvalue weighted by Crippen LogP contribution is -2.66. The van der Waals surface area contributed by atoms with Crippen LogP contribution in [0.25, 0.3) is 0 Å². The van der Waals surface area contributed by atoms with Gasteiger partial charge in [-0.25, -0.2) is 4.79 Å². The molecule has 3 aliphatic heterocycles. The van der Waals surface area contributed by atoms with Crippen LogP contribution in [0.5, 0.6) is 0 Å². The van der Waals surface area contributed by atoms with Crippen LogP contribution in [0, 0.1) is 5.92 Å². The lowest BCUT2D eigenvalue weighted by molar-refractivity contribution is -0.939. The number of para-hydroxylation sites is 1. The topological polar surface area (TPSA) is 116 Å². The van der Waals surface area contributed by atoms with Crippen LogP contribution >= 0.6 is 22.7 Å². The second kappa shape index (κ2) is 12.1. The third kappa shape index (κ3) is 6.72. The Morgan fingerprint density at radius 2 is 1.52 bits per heavy atom. The quantitative estimate of drug-likeness (QED) is 0.320. The van der Waals surface area contributed by atoms with E-state index in [1.165, 1.54) is 22.7 Å². The maximum atomic E-state index is 13.4. The number of amides is 1. The molecule has 3 aliphatic rings. The van der Waals surface area contributed by atoms with E-state index < -0.39 is 23.7 Å². The van der Waals surface area contributed by atoms with Gasteiger partial charge < -0.3 is 29.5 Å². The molecule has 0 radical (unpaired) electrons. The Balaban J connectivity index is 0.000000470. The number of fused-ring (bicyclic) bond motifs is 3. The SMILES string of the molecule is O=C(C[N+]12CCC(CC1)[C@@H](OC(=O)C(O)(c1cccs1)c1cccs1)C2)Nc1ccccc1.O=C([O-])C(F)(F)F. The zero-order chi connectivity index (χ0) is 29.0. The number of carboxylic acid groups (broad SMARTS) is 1. The number of nitrogens with zero attached hydrogens (tertiary/aromatic N) is 1. The van der Waals surface area contributed by atoms with Crippen LogP contribution in [0.3, 0.4) is 0 Å². The monoisotopic (exact) mass is 596 g/mol. The number of aliphatic hydroxyl groups is 1. The van der Waals surface area contributed by atoms with Gasteiger partial charge in [0.25, 0.3) is 5.91 Å². The van der Waals surface area contributed by atoms with Crippen LogP contribution in [0.2, 0.25) is 0 Å². The number of quaternary nitrogens is 1. The van der Waals surface area contributed by atoms with Gasteiger partial charge in [0.2, 0.25) is 5.60 Å².